The topological polar surface area (TPSA) is 164 Å². The monoisotopic (exact) mass is 400 g/mol. The summed E-state index contributed by atoms with van der Waals surface area (Å²) in [5, 5.41) is 11.4. The van der Waals surface area contributed by atoms with Gasteiger partial charge in [-0.05, 0) is 59.3 Å². The van der Waals surface area contributed by atoms with E-state index in [4.69, 9.17) is 21.4 Å². The third-order valence-electron chi connectivity index (χ3n) is 3.92. The molecule has 0 aromatic carbocycles. The molecular formula is C18H36N6O4. The van der Waals surface area contributed by atoms with E-state index < -0.39 is 18.1 Å². The van der Waals surface area contributed by atoms with Gasteiger partial charge in [0.2, 0.25) is 5.91 Å². The van der Waals surface area contributed by atoms with Gasteiger partial charge in [-0.2, -0.15) is 0 Å². The maximum absolute atomic E-state index is 12.3. The predicted octanol–water partition coefficient (Wildman–Crippen LogP) is 0.477. The average molecular weight is 401 g/mol. The van der Waals surface area contributed by atoms with Gasteiger partial charge in [0.1, 0.15) is 11.9 Å². The van der Waals surface area contributed by atoms with Crippen LogP contribution in [-0.4, -0.2) is 60.5 Å². The number of hydrogen-bond donors (Lipinski definition) is 5. The first-order valence-corrected chi connectivity index (χ1v) is 9.72. The lowest BCUT2D eigenvalue weighted by molar-refractivity contribution is -0.147. The molecule has 0 rings (SSSR count). The fourth-order valence-corrected chi connectivity index (χ4v) is 2.38. The maximum Gasteiger partial charge on any atom is 0.328 e. The van der Waals surface area contributed by atoms with Crippen molar-refractivity contribution < 1.29 is 19.5 Å². The molecule has 0 aromatic heterocycles. The molecule has 0 unspecified atom stereocenters. The summed E-state index contributed by atoms with van der Waals surface area (Å²) in [7, 11) is 0. The molecule has 0 spiro atoms. The number of carbonyl (C=O) groups is 2. The van der Waals surface area contributed by atoms with E-state index in [-0.39, 0.29) is 12.5 Å². The maximum atomic E-state index is 12.3. The molecule has 2 atom stereocenters. The predicted molar refractivity (Wildman–Crippen MR) is 109 cm³/mol. The van der Waals surface area contributed by atoms with Crippen molar-refractivity contribution in [2.45, 2.75) is 71.4 Å². The van der Waals surface area contributed by atoms with E-state index in [0.29, 0.717) is 50.4 Å². The Hall–Kier alpha value is -2.20. The van der Waals surface area contributed by atoms with Crippen molar-refractivity contribution in [1.82, 2.24) is 10.8 Å². The highest BCUT2D eigenvalue weighted by atomic mass is 16.5. The summed E-state index contributed by atoms with van der Waals surface area (Å²) < 4.78 is 5.04. The second-order valence-corrected chi connectivity index (χ2v) is 6.51. The van der Waals surface area contributed by atoms with Crippen molar-refractivity contribution in [3.8, 4) is 0 Å². The van der Waals surface area contributed by atoms with Gasteiger partial charge in [0.25, 0.3) is 0 Å². The lowest BCUT2D eigenvalue weighted by atomic mass is 10.1. The first-order chi connectivity index (χ1) is 13.3. The van der Waals surface area contributed by atoms with Crippen LogP contribution in [0.2, 0.25) is 0 Å². The molecule has 1 amide bonds. The first-order valence-electron chi connectivity index (χ1n) is 9.72. The number of aliphatic imine (C=N–C) groups is 2. The van der Waals surface area contributed by atoms with Crippen molar-refractivity contribution in [3.63, 3.8) is 0 Å². The fourth-order valence-electron chi connectivity index (χ4n) is 2.38. The number of amidine groups is 2. The van der Waals surface area contributed by atoms with Gasteiger partial charge in [0, 0.05) is 13.1 Å². The molecular weight excluding hydrogens is 364 g/mol. The number of ether oxygens (including phenoxy) is 1. The summed E-state index contributed by atoms with van der Waals surface area (Å²) in [6.45, 7) is 6.44. The largest absolute Gasteiger partial charge is 0.464 e. The molecule has 0 aliphatic heterocycles. The summed E-state index contributed by atoms with van der Waals surface area (Å²) >= 11 is 0. The highest BCUT2D eigenvalue weighted by Crippen LogP contribution is 2.06. The number of hydroxylamine groups is 1. The summed E-state index contributed by atoms with van der Waals surface area (Å²) in [6, 6.07) is -1.42. The van der Waals surface area contributed by atoms with E-state index in [2.05, 4.69) is 15.3 Å². The Bertz CT molecular complexity index is 520. The second-order valence-electron chi connectivity index (χ2n) is 6.51. The van der Waals surface area contributed by atoms with E-state index in [0.717, 1.165) is 12.8 Å². The van der Waals surface area contributed by atoms with E-state index in [9.17, 15) is 9.59 Å². The van der Waals surface area contributed by atoms with Gasteiger partial charge >= 0.3 is 5.97 Å². The van der Waals surface area contributed by atoms with Crippen LogP contribution in [0.3, 0.4) is 0 Å². The zero-order valence-electron chi connectivity index (χ0n) is 17.2. The number of carbonyl (C=O) groups excluding carboxylic acids is 2. The van der Waals surface area contributed by atoms with E-state index in [1.807, 2.05) is 5.48 Å². The fraction of sp³-hybridized carbons (Fsp3) is 0.778. The molecule has 0 aromatic rings. The van der Waals surface area contributed by atoms with Gasteiger partial charge in [-0.25, -0.2) is 4.79 Å². The number of hydrogen-bond acceptors (Lipinski definition) is 7. The minimum absolute atomic E-state index is 0.240. The summed E-state index contributed by atoms with van der Waals surface area (Å²) in [6.07, 6.45) is 3.84. The Morgan fingerprint density at radius 1 is 1.07 bits per heavy atom. The Kier molecular flexibility index (Phi) is 14.6. The minimum atomic E-state index is -0.732. The lowest BCUT2D eigenvalue weighted by Gasteiger charge is -2.19. The van der Waals surface area contributed by atoms with Crippen LogP contribution in [0.1, 0.15) is 59.3 Å². The summed E-state index contributed by atoms with van der Waals surface area (Å²) in [5.41, 5.74) is 13.4. The molecule has 0 aliphatic rings. The molecule has 0 heterocycles. The molecule has 10 heteroatoms. The van der Waals surface area contributed by atoms with Gasteiger partial charge in [0.15, 0.2) is 0 Å². The Morgan fingerprint density at radius 2 is 1.68 bits per heavy atom. The summed E-state index contributed by atoms with van der Waals surface area (Å²) in [4.78, 5) is 32.6. The third kappa shape index (κ3) is 13.0. The van der Waals surface area contributed by atoms with Crippen molar-refractivity contribution >= 4 is 23.5 Å². The molecule has 7 N–H and O–H groups in total. The Balaban J connectivity index is 4.42. The molecule has 10 nitrogen and oxygen atoms in total. The molecule has 0 radical (unpaired) electrons. The normalized spacial score (nSPS) is 14.3. The SMILES string of the molecule is CCOC(=O)[C@H](CCCCN=C(C)NO)NC(=O)[C@@H](N)CCCCN=C(C)N. The van der Waals surface area contributed by atoms with Crippen LogP contribution in [0.25, 0.3) is 0 Å². The van der Waals surface area contributed by atoms with E-state index in [1.165, 1.54) is 0 Å². The molecule has 0 fully saturated rings. The molecule has 28 heavy (non-hydrogen) atoms. The smallest absolute Gasteiger partial charge is 0.328 e. The average Bonchev–Trinajstić information content (AvgIpc) is 2.65. The molecule has 0 saturated heterocycles. The number of amides is 1. The zero-order chi connectivity index (χ0) is 21.4. The second kappa shape index (κ2) is 15.8. The van der Waals surface area contributed by atoms with Gasteiger partial charge in [-0.1, -0.05) is 0 Å². The molecule has 162 valence electrons. The minimum Gasteiger partial charge on any atom is -0.464 e. The van der Waals surface area contributed by atoms with E-state index in [1.54, 1.807) is 20.8 Å². The van der Waals surface area contributed by atoms with Gasteiger partial charge < -0.3 is 21.5 Å². The van der Waals surface area contributed by atoms with Crippen molar-refractivity contribution in [2.24, 2.45) is 21.5 Å². The van der Waals surface area contributed by atoms with Crippen molar-refractivity contribution in [3.05, 3.63) is 0 Å². The highest BCUT2D eigenvalue weighted by molar-refractivity contribution is 5.87. The van der Waals surface area contributed by atoms with Crippen LogP contribution in [0.15, 0.2) is 9.98 Å². The molecule has 0 aliphatic carbocycles. The Labute approximate surface area is 167 Å². The van der Waals surface area contributed by atoms with E-state index >= 15 is 0 Å². The van der Waals surface area contributed by atoms with Crippen molar-refractivity contribution in [1.29, 1.82) is 0 Å². The number of rotatable bonds is 14. The quantitative estimate of drug-likeness (QED) is 0.0929. The van der Waals surface area contributed by atoms with Crippen LogP contribution in [0.4, 0.5) is 0 Å². The van der Waals surface area contributed by atoms with Crippen molar-refractivity contribution in [2.75, 3.05) is 19.7 Å². The number of nitrogens with two attached hydrogens (primary N) is 2. The van der Waals surface area contributed by atoms with Gasteiger partial charge in [-0.3, -0.25) is 25.5 Å². The number of esters is 1. The zero-order valence-corrected chi connectivity index (χ0v) is 17.2. The first kappa shape index (κ1) is 25.8. The van der Waals surface area contributed by atoms with Crippen LogP contribution in [-0.2, 0) is 14.3 Å². The Morgan fingerprint density at radius 3 is 2.25 bits per heavy atom. The van der Waals surface area contributed by atoms with Gasteiger partial charge in [-0.15, -0.1) is 0 Å². The van der Waals surface area contributed by atoms with Gasteiger partial charge in [0.05, 0.1) is 18.5 Å². The molecule has 0 bridgehead atoms. The standard InChI is InChI=1S/C18H36N6O4/c1-4-28-18(26)16(10-6-8-12-22-14(3)24-27)23-17(25)15(20)9-5-7-11-21-13(2)19/h15-16,27H,4-12,20H2,1-3H3,(H2,19,21)(H,22,24)(H,23,25)/t15-,16-/m0/s1. The number of nitrogens with zero attached hydrogens (tertiary/aromatic N) is 2. The highest BCUT2D eigenvalue weighted by Gasteiger charge is 2.24. The van der Waals surface area contributed by atoms with Crippen LogP contribution < -0.4 is 22.3 Å². The van der Waals surface area contributed by atoms with Crippen LogP contribution in [0, 0.1) is 0 Å². The number of nitrogens with one attached hydrogen (secondary N) is 2. The number of unbranched alkanes of at least 4 members (excludes halogenated alkanes) is 2. The molecule has 0 saturated carbocycles. The van der Waals surface area contributed by atoms with Crippen LogP contribution in [0.5, 0.6) is 0 Å². The summed E-state index contributed by atoms with van der Waals surface area (Å²) in [5.74, 6) is 0.128. The van der Waals surface area contributed by atoms with Crippen LogP contribution >= 0.6 is 0 Å². The lowest BCUT2D eigenvalue weighted by Crippen LogP contribution is -2.49. The third-order valence-corrected chi connectivity index (χ3v) is 3.92.